The van der Waals surface area contributed by atoms with Crippen LogP contribution in [0.4, 0.5) is 0 Å². The van der Waals surface area contributed by atoms with Crippen molar-refractivity contribution < 1.29 is 9.26 Å². The minimum atomic E-state index is 0.132. The van der Waals surface area contributed by atoms with Crippen molar-refractivity contribution in [2.24, 2.45) is 0 Å². The molecule has 0 aliphatic carbocycles. The van der Waals surface area contributed by atoms with Gasteiger partial charge in [0.15, 0.2) is 0 Å². The second kappa shape index (κ2) is 8.14. The Kier molecular flexibility index (Phi) is 5.06. The normalized spacial score (nSPS) is 16.9. The minimum absolute atomic E-state index is 0.132. The molecule has 0 N–H and O–H groups in total. The zero-order chi connectivity index (χ0) is 19.5. The Labute approximate surface area is 172 Å². The maximum atomic E-state index is 6.34. The van der Waals surface area contributed by atoms with E-state index in [0.717, 1.165) is 47.9 Å². The van der Waals surface area contributed by atoms with E-state index in [0.29, 0.717) is 11.7 Å². The summed E-state index contributed by atoms with van der Waals surface area (Å²) in [5, 5.41) is 7.30. The minimum Gasteiger partial charge on any atom is -0.488 e. The summed E-state index contributed by atoms with van der Waals surface area (Å²) >= 11 is 1.69. The van der Waals surface area contributed by atoms with Gasteiger partial charge < -0.3 is 9.26 Å². The Morgan fingerprint density at radius 2 is 1.97 bits per heavy atom. The van der Waals surface area contributed by atoms with E-state index < -0.39 is 0 Å². The lowest BCUT2D eigenvalue weighted by atomic mass is 10.2. The maximum Gasteiger partial charge on any atom is 0.262 e. The third kappa shape index (κ3) is 4.06. The van der Waals surface area contributed by atoms with Crippen LogP contribution < -0.4 is 4.74 Å². The number of nitrogens with zero attached hydrogens (tertiary/aromatic N) is 4. The van der Waals surface area contributed by atoms with Crippen LogP contribution in [-0.4, -0.2) is 39.2 Å². The summed E-state index contributed by atoms with van der Waals surface area (Å²) in [5.74, 6) is 1.82. The first-order valence-electron chi connectivity index (χ1n) is 9.61. The number of ether oxygens (including phenoxy) is 1. The van der Waals surface area contributed by atoms with Crippen molar-refractivity contribution >= 4 is 11.3 Å². The molecule has 1 unspecified atom stereocenters. The predicted molar refractivity (Wildman–Crippen MR) is 112 cm³/mol. The molecule has 0 amide bonds. The highest BCUT2D eigenvalue weighted by Crippen LogP contribution is 2.32. The van der Waals surface area contributed by atoms with Gasteiger partial charge in [-0.3, -0.25) is 4.90 Å². The summed E-state index contributed by atoms with van der Waals surface area (Å²) in [5.41, 5.74) is 1.75. The number of thiazole rings is 1. The summed E-state index contributed by atoms with van der Waals surface area (Å²) in [7, 11) is 0. The van der Waals surface area contributed by atoms with Crippen LogP contribution in [0.1, 0.15) is 11.4 Å². The number of hydrogen-bond acceptors (Lipinski definition) is 7. The van der Waals surface area contributed by atoms with Crippen molar-refractivity contribution in [3.8, 4) is 28.6 Å². The third-order valence-corrected chi connectivity index (χ3v) is 5.70. The van der Waals surface area contributed by atoms with E-state index in [-0.39, 0.29) is 6.10 Å². The molecule has 146 valence electrons. The molecular weight excluding hydrogens is 384 g/mol. The molecule has 2 aromatic carbocycles. The molecule has 0 saturated carbocycles. The largest absolute Gasteiger partial charge is 0.488 e. The molecule has 7 heteroatoms. The van der Waals surface area contributed by atoms with Crippen LogP contribution in [0.5, 0.6) is 5.75 Å². The zero-order valence-electron chi connectivity index (χ0n) is 15.8. The monoisotopic (exact) mass is 404 g/mol. The Balaban J connectivity index is 1.31. The first kappa shape index (κ1) is 18.0. The van der Waals surface area contributed by atoms with Crippen molar-refractivity contribution in [1.82, 2.24) is 20.0 Å². The smallest absolute Gasteiger partial charge is 0.262 e. The number of benzene rings is 2. The molecule has 1 atom stereocenters. The Bertz CT molecular complexity index is 1070. The van der Waals surface area contributed by atoms with Crippen LogP contribution in [0, 0.1) is 0 Å². The molecule has 5 rings (SSSR count). The highest BCUT2D eigenvalue weighted by atomic mass is 32.1. The number of rotatable bonds is 6. The standard InChI is InChI=1S/C22H20N4O2S/c1-2-6-16(7-3-1)21-24-22(28-25-21)18-8-4-5-9-19(18)27-17-10-12-26(14-17)15-20-23-11-13-29-20/h1-9,11,13,17H,10,12,14-15H2. The molecule has 3 heterocycles. The summed E-state index contributed by atoms with van der Waals surface area (Å²) < 4.78 is 11.9. The van der Waals surface area contributed by atoms with Crippen molar-refractivity contribution in [3.63, 3.8) is 0 Å². The van der Waals surface area contributed by atoms with Crippen LogP contribution >= 0.6 is 11.3 Å². The van der Waals surface area contributed by atoms with Crippen LogP contribution in [0.2, 0.25) is 0 Å². The summed E-state index contributed by atoms with van der Waals surface area (Å²) in [4.78, 5) is 11.3. The van der Waals surface area contributed by atoms with Crippen molar-refractivity contribution in [2.75, 3.05) is 13.1 Å². The van der Waals surface area contributed by atoms with E-state index in [4.69, 9.17) is 9.26 Å². The van der Waals surface area contributed by atoms with Gasteiger partial charge in [0.05, 0.1) is 12.1 Å². The topological polar surface area (TPSA) is 64.3 Å². The molecule has 0 radical (unpaired) electrons. The third-order valence-electron chi connectivity index (χ3n) is 4.94. The molecule has 29 heavy (non-hydrogen) atoms. The maximum absolute atomic E-state index is 6.34. The van der Waals surface area contributed by atoms with E-state index in [1.54, 1.807) is 11.3 Å². The van der Waals surface area contributed by atoms with Crippen molar-refractivity contribution in [1.29, 1.82) is 0 Å². The van der Waals surface area contributed by atoms with Gasteiger partial charge >= 0.3 is 0 Å². The van der Waals surface area contributed by atoms with Gasteiger partial charge in [-0.25, -0.2) is 4.98 Å². The lowest BCUT2D eigenvalue weighted by molar-refractivity contribution is 0.198. The van der Waals surface area contributed by atoms with E-state index >= 15 is 0 Å². The molecule has 1 aliphatic heterocycles. The summed E-state index contributed by atoms with van der Waals surface area (Å²) in [6.45, 7) is 2.77. The number of likely N-dealkylation sites (tertiary alicyclic amines) is 1. The van der Waals surface area contributed by atoms with Crippen LogP contribution in [-0.2, 0) is 6.54 Å². The van der Waals surface area contributed by atoms with Gasteiger partial charge in [0.25, 0.3) is 5.89 Å². The predicted octanol–water partition coefficient (Wildman–Crippen LogP) is 4.51. The fraction of sp³-hybridized carbons (Fsp3) is 0.227. The van der Waals surface area contributed by atoms with Crippen LogP contribution in [0.15, 0.2) is 70.7 Å². The Morgan fingerprint density at radius 1 is 1.10 bits per heavy atom. The van der Waals surface area contributed by atoms with Crippen LogP contribution in [0.3, 0.4) is 0 Å². The summed E-state index contributed by atoms with van der Waals surface area (Å²) in [6.07, 6.45) is 2.97. The van der Waals surface area contributed by atoms with E-state index in [2.05, 4.69) is 20.0 Å². The molecule has 0 spiro atoms. The lowest BCUT2D eigenvalue weighted by Gasteiger charge is -2.17. The fourth-order valence-electron chi connectivity index (χ4n) is 3.52. The van der Waals surface area contributed by atoms with E-state index in [1.807, 2.05) is 66.2 Å². The SMILES string of the molecule is c1ccc(-c2noc(-c3ccccc3OC3CCN(Cc4nccs4)C3)n2)cc1. The van der Waals surface area contributed by atoms with Crippen molar-refractivity contribution in [2.45, 2.75) is 19.1 Å². The van der Waals surface area contributed by atoms with Gasteiger partial charge in [-0.15, -0.1) is 11.3 Å². The quantitative estimate of drug-likeness (QED) is 0.471. The van der Waals surface area contributed by atoms with Gasteiger partial charge in [-0.1, -0.05) is 47.6 Å². The Morgan fingerprint density at radius 3 is 2.83 bits per heavy atom. The van der Waals surface area contributed by atoms with Crippen molar-refractivity contribution in [3.05, 3.63) is 71.2 Å². The second-order valence-electron chi connectivity index (χ2n) is 6.97. The van der Waals surface area contributed by atoms with Crippen LogP contribution in [0.25, 0.3) is 22.8 Å². The number of para-hydroxylation sites is 1. The van der Waals surface area contributed by atoms with Gasteiger partial charge in [-0.05, 0) is 18.6 Å². The van der Waals surface area contributed by atoms with E-state index in [1.165, 1.54) is 0 Å². The number of aromatic nitrogens is 3. The average Bonchev–Trinajstić information content (AvgIpc) is 3.52. The molecule has 6 nitrogen and oxygen atoms in total. The molecule has 4 aromatic rings. The Hall–Kier alpha value is -3.03. The number of hydrogen-bond donors (Lipinski definition) is 0. The molecule has 1 fully saturated rings. The molecule has 2 aromatic heterocycles. The molecule has 1 saturated heterocycles. The average molecular weight is 404 g/mol. The van der Waals surface area contributed by atoms with Gasteiger partial charge in [0.1, 0.15) is 16.9 Å². The fourth-order valence-corrected chi connectivity index (χ4v) is 4.18. The first-order valence-corrected chi connectivity index (χ1v) is 10.5. The van der Waals surface area contributed by atoms with Gasteiger partial charge in [-0.2, -0.15) is 4.98 Å². The van der Waals surface area contributed by atoms with Gasteiger partial charge in [0, 0.05) is 30.2 Å². The second-order valence-corrected chi connectivity index (χ2v) is 7.95. The van der Waals surface area contributed by atoms with Gasteiger partial charge in [0.2, 0.25) is 5.82 Å². The molecule has 0 bridgehead atoms. The molecule has 1 aliphatic rings. The highest BCUT2D eigenvalue weighted by Gasteiger charge is 2.26. The van der Waals surface area contributed by atoms with E-state index in [9.17, 15) is 0 Å². The lowest BCUT2D eigenvalue weighted by Crippen LogP contribution is -2.24. The molecular formula is C22H20N4O2S. The highest BCUT2D eigenvalue weighted by molar-refractivity contribution is 7.09. The first-order chi connectivity index (χ1) is 14.3. The zero-order valence-corrected chi connectivity index (χ0v) is 16.6. The summed E-state index contributed by atoms with van der Waals surface area (Å²) in [6, 6.07) is 17.7.